The van der Waals surface area contributed by atoms with Gasteiger partial charge in [-0.1, -0.05) is 0 Å². The van der Waals surface area contributed by atoms with Gasteiger partial charge in [-0.3, -0.25) is 0 Å². The molecule has 0 saturated carbocycles. The number of anilines is 1. The van der Waals surface area contributed by atoms with Crippen LogP contribution in [0.3, 0.4) is 0 Å². The summed E-state index contributed by atoms with van der Waals surface area (Å²) in [5, 5.41) is 13.0. The molecule has 16 heavy (non-hydrogen) atoms. The topological polar surface area (TPSA) is 39.9 Å². The van der Waals surface area contributed by atoms with Gasteiger partial charge in [0.25, 0.3) is 0 Å². The molecule has 3 nitrogen and oxygen atoms in total. The molecular weight excluding hydrogens is 218 g/mol. The van der Waals surface area contributed by atoms with Crippen LogP contribution in [0.5, 0.6) is 0 Å². The molecule has 0 aliphatic rings. The molecule has 0 bridgehead atoms. The lowest BCUT2D eigenvalue weighted by Crippen LogP contribution is -2.17. The van der Waals surface area contributed by atoms with E-state index in [1.807, 2.05) is 11.9 Å². The van der Waals surface area contributed by atoms with E-state index in [2.05, 4.69) is 27.9 Å². The zero-order chi connectivity index (χ0) is 11.4. The molecular formula is C12H11N3S. The van der Waals surface area contributed by atoms with Crippen LogP contribution in [0, 0.1) is 11.3 Å². The highest BCUT2D eigenvalue weighted by Crippen LogP contribution is 2.15. The van der Waals surface area contributed by atoms with Gasteiger partial charge >= 0.3 is 0 Å². The van der Waals surface area contributed by atoms with Crippen LogP contribution in [-0.4, -0.2) is 12.0 Å². The van der Waals surface area contributed by atoms with Gasteiger partial charge in [0.05, 0.1) is 11.6 Å². The average molecular weight is 229 g/mol. The number of aromatic nitrogens is 1. The van der Waals surface area contributed by atoms with Gasteiger partial charge in [-0.15, -0.1) is 0 Å². The van der Waals surface area contributed by atoms with Gasteiger partial charge in [-0.25, -0.2) is 4.98 Å². The first-order chi connectivity index (χ1) is 7.79. The maximum atomic E-state index is 8.81. The smallest absolute Gasteiger partial charge is 0.129 e. The first-order valence-corrected chi connectivity index (χ1v) is 5.82. The van der Waals surface area contributed by atoms with Crippen molar-refractivity contribution in [3.8, 4) is 6.07 Å². The Kier molecular flexibility index (Phi) is 3.18. The third-order valence-corrected chi connectivity index (χ3v) is 3.00. The lowest BCUT2D eigenvalue weighted by molar-refractivity contribution is 0.901. The molecule has 0 amide bonds. The van der Waals surface area contributed by atoms with E-state index in [1.165, 1.54) is 5.56 Å². The normalized spacial score (nSPS) is 9.75. The second-order valence-corrected chi connectivity index (χ2v) is 4.28. The molecule has 0 radical (unpaired) electrons. The Morgan fingerprint density at radius 3 is 3.06 bits per heavy atom. The molecule has 2 heterocycles. The lowest BCUT2D eigenvalue weighted by Gasteiger charge is -2.17. The molecule has 2 aromatic heterocycles. The summed E-state index contributed by atoms with van der Waals surface area (Å²) in [4.78, 5) is 6.28. The molecule has 2 aromatic rings. The average Bonchev–Trinajstić information content (AvgIpc) is 2.82. The number of hydrogen-bond donors (Lipinski definition) is 0. The summed E-state index contributed by atoms with van der Waals surface area (Å²) >= 11 is 1.69. The maximum Gasteiger partial charge on any atom is 0.129 e. The van der Waals surface area contributed by atoms with Gasteiger partial charge < -0.3 is 4.90 Å². The minimum atomic E-state index is 0.641. The summed E-state index contributed by atoms with van der Waals surface area (Å²) in [5.41, 5.74) is 1.90. The molecule has 0 aliphatic heterocycles. The van der Waals surface area contributed by atoms with Crippen molar-refractivity contribution < 1.29 is 0 Å². The van der Waals surface area contributed by atoms with Crippen molar-refractivity contribution in [2.75, 3.05) is 11.9 Å². The molecule has 0 unspecified atom stereocenters. The Balaban J connectivity index is 2.15. The summed E-state index contributed by atoms with van der Waals surface area (Å²) < 4.78 is 0. The fraction of sp³-hybridized carbons (Fsp3) is 0.167. The minimum absolute atomic E-state index is 0.641. The summed E-state index contributed by atoms with van der Waals surface area (Å²) in [6.45, 7) is 0.811. The third-order valence-electron chi connectivity index (χ3n) is 2.27. The van der Waals surface area contributed by atoms with Crippen molar-refractivity contribution in [3.63, 3.8) is 0 Å². The van der Waals surface area contributed by atoms with Crippen LogP contribution in [0.4, 0.5) is 5.82 Å². The van der Waals surface area contributed by atoms with E-state index in [1.54, 1.807) is 29.7 Å². The van der Waals surface area contributed by atoms with Gasteiger partial charge in [0.15, 0.2) is 0 Å². The van der Waals surface area contributed by atoms with Crippen molar-refractivity contribution in [1.82, 2.24) is 4.98 Å². The van der Waals surface area contributed by atoms with E-state index in [9.17, 15) is 0 Å². The predicted octanol–water partition coefficient (Wildman–Crippen LogP) is 2.65. The van der Waals surface area contributed by atoms with Gasteiger partial charge in [0.2, 0.25) is 0 Å². The maximum absolute atomic E-state index is 8.81. The van der Waals surface area contributed by atoms with Crippen LogP contribution >= 0.6 is 11.3 Å². The molecule has 0 spiro atoms. The van der Waals surface area contributed by atoms with E-state index in [4.69, 9.17) is 5.26 Å². The summed E-state index contributed by atoms with van der Waals surface area (Å²) in [5.74, 6) is 0.824. The van der Waals surface area contributed by atoms with E-state index in [0.29, 0.717) is 5.56 Å². The van der Waals surface area contributed by atoms with Crippen LogP contribution in [-0.2, 0) is 6.54 Å². The predicted molar refractivity (Wildman–Crippen MR) is 65.4 cm³/mol. The standard InChI is InChI=1S/C12H11N3S/c1-15(8-11-3-5-16-9-11)12-6-10(7-13)2-4-14-12/h2-6,9H,8H2,1H3. The number of rotatable bonds is 3. The van der Waals surface area contributed by atoms with Gasteiger partial charge in [0.1, 0.15) is 5.82 Å². The Morgan fingerprint density at radius 1 is 1.50 bits per heavy atom. The van der Waals surface area contributed by atoms with Gasteiger partial charge in [0, 0.05) is 19.8 Å². The van der Waals surface area contributed by atoms with Crippen LogP contribution in [0.15, 0.2) is 35.2 Å². The summed E-state index contributed by atoms with van der Waals surface area (Å²) in [7, 11) is 1.97. The van der Waals surface area contributed by atoms with E-state index >= 15 is 0 Å². The number of thiophene rings is 1. The van der Waals surface area contributed by atoms with Crippen LogP contribution in [0.2, 0.25) is 0 Å². The number of pyridine rings is 1. The number of nitrogens with zero attached hydrogens (tertiary/aromatic N) is 3. The molecule has 0 N–H and O–H groups in total. The van der Waals surface area contributed by atoms with Crippen LogP contribution < -0.4 is 4.90 Å². The largest absolute Gasteiger partial charge is 0.355 e. The molecule has 0 aliphatic carbocycles. The fourth-order valence-electron chi connectivity index (χ4n) is 1.43. The van der Waals surface area contributed by atoms with E-state index in [-0.39, 0.29) is 0 Å². The second-order valence-electron chi connectivity index (χ2n) is 3.50. The highest BCUT2D eigenvalue weighted by molar-refractivity contribution is 7.07. The van der Waals surface area contributed by atoms with Gasteiger partial charge in [-0.2, -0.15) is 16.6 Å². The Bertz CT molecular complexity index is 499. The minimum Gasteiger partial charge on any atom is -0.355 e. The Morgan fingerprint density at radius 2 is 2.38 bits per heavy atom. The van der Waals surface area contributed by atoms with E-state index < -0.39 is 0 Å². The quantitative estimate of drug-likeness (QED) is 0.812. The van der Waals surface area contributed by atoms with Crippen molar-refractivity contribution in [2.24, 2.45) is 0 Å². The molecule has 2 rings (SSSR count). The summed E-state index contributed by atoms with van der Waals surface area (Å²) in [6.07, 6.45) is 1.66. The SMILES string of the molecule is CN(Cc1ccsc1)c1cc(C#N)ccn1. The van der Waals surface area contributed by atoms with E-state index in [0.717, 1.165) is 12.4 Å². The second kappa shape index (κ2) is 4.77. The van der Waals surface area contributed by atoms with Gasteiger partial charge in [-0.05, 0) is 34.5 Å². The lowest BCUT2D eigenvalue weighted by atomic mass is 10.2. The Labute approximate surface area is 98.6 Å². The summed E-state index contributed by atoms with van der Waals surface area (Å²) in [6, 6.07) is 7.72. The first kappa shape index (κ1) is 10.7. The highest BCUT2D eigenvalue weighted by Gasteiger charge is 2.04. The van der Waals surface area contributed by atoms with Crippen LogP contribution in [0.1, 0.15) is 11.1 Å². The fourth-order valence-corrected chi connectivity index (χ4v) is 2.09. The number of nitriles is 1. The highest BCUT2D eigenvalue weighted by atomic mass is 32.1. The zero-order valence-electron chi connectivity index (χ0n) is 8.92. The molecule has 0 saturated heterocycles. The zero-order valence-corrected chi connectivity index (χ0v) is 9.74. The monoisotopic (exact) mass is 229 g/mol. The van der Waals surface area contributed by atoms with Crippen LogP contribution in [0.25, 0.3) is 0 Å². The third kappa shape index (κ3) is 2.38. The first-order valence-electron chi connectivity index (χ1n) is 4.88. The molecule has 0 fully saturated rings. The molecule has 0 aromatic carbocycles. The molecule has 0 atom stereocenters. The molecule has 4 heteroatoms. The van der Waals surface area contributed by atoms with Crippen molar-refractivity contribution in [3.05, 3.63) is 46.3 Å². The number of hydrogen-bond acceptors (Lipinski definition) is 4. The van der Waals surface area contributed by atoms with Crippen molar-refractivity contribution in [2.45, 2.75) is 6.54 Å². The van der Waals surface area contributed by atoms with Crippen molar-refractivity contribution in [1.29, 1.82) is 5.26 Å². The van der Waals surface area contributed by atoms with Crippen molar-refractivity contribution >= 4 is 17.2 Å². The Hall–Kier alpha value is -1.86. The molecule has 80 valence electrons.